The number of amides is 1. The van der Waals surface area contributed by atoms with Crippen molar-refractivity contribution in [3.63, 3.8) is 0 Å². The number of benzene rings is 1. The van der Waals surface area contributed by atoms with Gasteiger partial charge in [-0.1, -0.05) is 24.2 Å². The van der Waals surface area contributed by atoms with Gasteiger partial charge < -0.3 is 9.42 Å². The number of hydrogen-bond acceptors (Lipinski definition) is 7. The van der Waals surface area contributed by atoms with Crippen LogP contribution in [-0.4, -0.2) is 49.2 Å². The molecule has 0 aliphatic carbocycles. The fourth-order valence-corrected chi connectivity index (χ4v) is 3.05. The van der Waals surface area contributed by atoms with E-state index in [0.717, 1.165) is 19.3 Å². The number of carbonyl (C=O) groups is 1. The third-order valence-corrected chi connectivity index (χ3v) is 4.41. The zero-order valence-corrected chi connectivity index (χ0v) is 13.9. The topological polar surface area (TPSA) is 97.9 Å². The Morgan fingerprint density at radius 3 is 2.88 bits per heavy atom. The normalized spacial score (nSPS) is 17.8. The van der Waals surface area contributed by atoms with Crippen LogP contribution < -0.4 is 0 Å². The fourth-order valence-electron chi connectivity index (χ4n) is 3.05. The van der Waals surface area contributed by atoms with Crippen LogP contribution in [0.1, 0.15) is 48.0 Å². The lowest BCUT2D eigenvalue weighted by Crippen LogP contribution is -2.40. The molecule has 0 N–H and O–H groups in total. The van der Waals surface area contributed by atoms with E-state index in [1.807, 2.05) is 31.2 Å². The number of para-hydroxylation sites is 1. The first kappa shape index (κ1) is 15.6. The van der Waals surface area contributed by atoms with Gasteiger partial charge in [-0.15, -0.1) is 10.2 Å². The van der Waals surface area contributed by atoms with Crippen molar-refractivity contribution in [2.24, 2.45) is 0 Å². The summed E-state index contributed by atoms with van der Waals surface area (Å²) in [4.78, 5) is 23.3. The van der Waals surface area contributed by atoms with E-state index in [1.54, 1.807) is 4.90 Å². The van der Waals surface area contributed by atoms with Crippen LogP contribution in [0.25, 0.3) is 11.0 Å². The molecule has 1 unspecified atom stereocenters. The van der Waals surface area contributed by atoms with Crippen molar-refractivity contribution in [1.29, 1.82) is 0 Å². The average Bonchev–Trinajstić information content (AvgIpc) is 3.16. The Hall–Kier alpha value is -2.90. The molecule has 128 valence electrons. The van der Waals surface area contributed by atoms with Crippen molar-refractivity contribution < 1.29 is 9.32 Å². The first-order chi connectivity index (χ1) is 12.2. The standard InChI is InChI=1S/C17H18N6O2/c1-2-14-19-16(25-22-14)11-6-5-9-23(10-11)17(24)15-18-12-7-3-4-8-13(12)20-21-15/h3-4,7-8,11H,2,5-6,9-10H2,1H3. The van der Waals surface area contributed by atoms with Gasteiger partial charge in [0.05, 0.1) is 11.4 Å². The average molecular weight is 338 g/mol. The van der Waals surface area contributed by atoms with Crippen molar-refractivity contribution in [2.75, 3.05) is 13.1 Å². The maximum absolute atomic E-state index is 12.8. The molecule has 0 saturated carbocycles. The molecule has 3 aromatic rings. The summed E-state index contributed by atoms with van der Waals surface area (Å²) in [5.74, 6) is 1.27. The summed E-state index contributed by atoms with van der Waals surface area (Å²) in [7, 11) is 0. The summed E-state index contributed by atoms with van der Waals surface area (Å²) in [5.41, 5.74) is 1.34. The molecule has 2 aromatic heterocycles. The molecule has 8 heteroatoms. The number of piperidine rings is 1. The Labute approximate surface area is 144 Å². The van der Waals surface area contributed by atoms with Gasteiger partial charge in [0, 0.05) is 19.5 Å². The molecule has 1 amide bonds. The summed E-state index contributed by atoms with van der Waals surface area (Å²) in [6, 6.07) is 7.37. The van der Waals surface area contributed by atoms with Crippen molar-refractivity contribution >= 4 is 16.9 Å². The molecule has 1 saturated heterocycles. The number of carbonyl (C=O) groups excluding carboxylic acids is 1. The summed E-state index contributed by atoms with van der Waals surface area (Å²) in [5, 5.41) is 12.0. The van der Waals surface area contributed by atoms with E-state index in [1.165, 1.54) is 0 Å². The second kappa shape index (κ2) is 6.54. The van der Waals surface area contributed by atoms with Crippen LogP contribution in [0.3, 0.4) is 0 Å². The Morgan fingerprint density at radius 1 is 1.24 bits per heavy atom. The van der Waals surface area contributed by atoms with E-state index < -0.39 is 0 Å². The Kier molecular flexibility index (Phi) is 4.09. The van der Waals surface area contributed by atoms with Crippen molar-refractivity contribution in [3.05, 3.63) is 41.8 Å². The van der Waals surface area contributed by atoms with E-state index in [4.69, 9.17) is 4.52 Å². The minimum absolute atomic E-state index is 0.0546. The largest absolute Gasteiger partial charge is 0.339 e. The highest BCUT2D eigenvalue weighted by Gasteiger charge is 2.30. The third-order valence-electron chi connectivity index (χ3n) is 4.41. The van der Waals surface area contributed by atoms with Crippen LogP contribution in [0.15, 0.2) is 28.8 Å². The van der Waals surface area contributed by atoms with E-state index in [0.29, 0.717) is 35.8 Å². The van der Waals surface area contributed by atoms with Crippen molar-refractivity contribution in [1.82, 2.24) is 30.2 Å². The minimum atomic E-state index is -0.210. The van der Waals surface area contributed by atoms with E-state index in [9.17, 15) is 4.79 Å². The van der Waals surface area contributed by atoms with Crippen molar-refractivity contribution in [2.45, 2.75) is 32.1 Å². The SMILES string of the molecule is CCc1noc(C2CCCN(C(=O)c3nnc4ccccc4n3)C2)n1. The first-order valence-electron chi connectivity index (χ1n) is 8.46. The fraction of sp³-hybridized carbons (Fsp3) is 0.412. The summed E-state index contributed by atoms with van der Waals surface area (Å²) >= 11 is 0. The lowest BCUT2D eigenvalue weighted by Gasteiger charge is -2.30. The molecule has 1 atom stereocenters. The van der Waals surface area contributed by atoms with Gasteiger partial charge in [-0.3, -0.25) is 4.79 Å². The highest BCUT2D eigenvalue weighted by molar-refractivity contribution is 5.92. The smallest absolute Gasteiger partial charge is 0.293 e. The van der Waals surface area contributed by atoms with Gasteiger partial charge in [-0.05, 0) is 25.0 Å². The molecule has 8 nitrogen and oxygen atoms in total. The van der Waals surface area contributed by atoms with E-state index >= 15 is 0 Å². The third kappa shape index (κ3) is 3.07. The highest BCUT2D eigenvalue weighted by Crippen LogP contribution is 2.26. The van der Waals surface area contributed by atoms with Crippen LogP contribution in [0, 0.1) is 0 Å². The number of likely N-dealkylation sites (tertiary alicyclic amines) is 1. The minimum Gasteiger partial charge on any atom is -0.339 e. The zero-order chi connectivity index (χ0) is 17.2. The van der Waals surface area contributed by atoms with Gasteiger partial charge in [0.15, 0.2) is 5.82 Å². The van der Waals surface area contributed by atoms with Crippen molar-refractivity contribution in [3.8, 4) is 0 Å². The molecule has 0 radical (unpaired) electrons. The van der Waals surface area contributed by atoms with Crippen LogP contribution in [0.4, 0.5) is 0 Å². The predicted molar refractivity (Wildman–Crippen MR) is 88.9 cm³/mol. The Morgan fingerprint density at radius 2 is 2.08 bits per heavy atom. The van der Waals surface area contributed by atoms with Crippen LogP contribution in [0.5, 0.6) is 0 Å². The molecule has 0 bridgehead atoms. The van der Waals surface area contributed by atoms with Gasteiger partial charge in [0.1, 0.15) is 5.52 Å². The molecular formula is C17H18N6O2. The second-order valence-electron chi connectivity index (χ2n) is 6.12. The summed E-state index contributed by atoms with van der Waals surface area (Å²) in [6.45, 7) is 3.18. The van der Waals surface area contributed by atoms with Gasteiger partial charge in [-0.25, -0.2) is 4.98 Å². The molecular weight excluding hydrogens is 320 g/mol. The first-order valence-corrected chi connectivity index (χ1v) is 8.46. The number of nitrogens with zero attached hydrogens (tertiary/aromatic N) is 6. The number of aromatic nitrogens is 5. The van der Waals surface area contributed by atoms with E-state index in [-0.39, 0.29) is 17.6 Å². The zero-order valence-electron chi connectivity index (χ0n) is 13.9. The van der Waals surface area contributed by atoms with Crippen LogP contribution in [0.2, 0.25) is 0 Å². The molecule has 1 fully saturated rings. The molecule has 1 aromatic carbocycles. The quantitative estimate of drug-likeness (QED) is 0.720. The van der Waals surface area contributed by atoms with Crippen LogP contribution >= 0.6 is 0 Å². The molecule has 1 aliphatic heterocycles. The maximum atomic E-state index is 12.8. The van der Waals surface area contributed by atoms with Gasteiger partial charge in [-0.2, -0.15) is 4.98 Å². The Bertz CT molecular complexity index is 909. The van der Waals surface area contributed by atoms with Gasteiger partial charge in [0.2, 0.25) is 11.7 Å². The lowest BCUT2D eigenvalue weighted by molar-refractivity contribution is 0.0682. The van der Waals surface area contributed by atoms with Gasteiger partial charge >= 0.3 is 0 Å². The second-order valence-corrected chi connectivity index (χ2v) is 6.12. The maximum Gasteiger partial charge on any atom is 0.293 e. The monoisotopic (exact) mass is 338 g/mol. The molecule has 0 spiro atoms. The molecule has 25 heavy (non-hydrogen) atoms. The molecule has 3 heterocycles. The van der Waals surface area contributed by atoms with Crippen LogP contribution in [-0.2, 0) is 6.42 Å². The highest BCUT2D eigenvalue weighted by atomic mass is 16.5. The summed E-state index contributed by atoms with van der Waals surface area (Å²) in [6.07, 6.45) is 2.53. The number of fused-ring (bicyclic) bond motifs is 1. The molecule has 1 aliphatic rings. The van der Waals surface area contributed by atoms with Gasteiger partial charge in [0.25, 0.3) is 5.91 Å². The number of aryl methyl sites for hydroxylation is 1. The lowest BCUT2D eigenvalue weighted by atomic mass is 9.98. The predicted octanol–water partition coefficient (Wildman–Crippen LogP) is 1.99. The Balaban J connectivity index is 1.54. The number of hydrogen-bond donors (Lipinski definition) is 0. The summed E-state index contributed by atoms with van der Waals surface area (Å²) < 4.78 is 5.34. The van der Waals surface area contributed by atoms with E-state index in [2.05, 4.69) is 25.3 Å². The number of rotatable bonds is 3. The molecule has 4 rings (SSSR count).